The van der Waals surface area contributed by atoms with Gasteiger partial charge in [0.15, 0.2) is 0 Å². The number of fused-ring (bicyclic) bond motifs is 2. The lowest BCUT2D eigenvalue weighted by Crippen LogP contribution is -2.58. The van der Waals surface area contributed by atoms with Crippen LogP contribution in [0.2, 0.25) is 5.15 Å². The maximum absolute atomic E-state index is 12.9. The second kappa shape index (κ2) is 8.50. The molecule has 3 saturated heterocycles. The molecular formula is C22H31ClN4O3. The second-order valence-corrected chi connectivity index (χ2v) is 9.74. The predicted octanol–water partition coefficient (Wildman–Crippen LogP) is 3.45. The topological polar surface area (TPSA) is 67.8 Å². The van der Waals surface area contributed by atoms with Crippen molar-refractivity contribution in [2.24, 2.45) is 5.92 Å². The number of carbonyl (C=O) groups excluding carboxylic acids is 1. The highest BCUT2D eigenvalue weighted by atomic mass is 35.5. The number of halogens is 1. The highest BCUT2D eigenvalue weighted by Gasteiger charge is 2.43. The lowest BCUT2D eigenvalue weighted by molar-refractivity contribution is -0.141. The molecule has 1 aliphatic carbocycles. The van der Waals surface area contributed by atoms with Crippen LogP contribution in [-0.4, -0.2) is 65.3 Å². The number of piperidine rings is 2. The third-order valence-corrected chi connectivity index (χ3v) is 7.29. The van der Waals surface area contributed by atoms with E-state index in [4.69, 9.17) is 21.1 Å². The molecule has 0 N–H and O–H groups in total. The Morgan fingerprint density at radius 3 is 2.67 bits per heavy atom. The fourth-order valence-corrected chi connectivity index (χ4v) is 5.46. The van der Waals surface area contributed by atoms with Crippen LogP contribution in [0, 0.1) is 5.92 Å². The second-order valence-electron chi connectivity index (χ2n) is 9.36. The third-order valence-electron chi connectivity index (χ3n) is 7.10. The van der Waals surface area contributed by atoms with Gasteiger partial charge in [-0.25, -0.2) is 4.98 Å². The summed E-state index contributed by atoms with van der Waals surface area (Å²) in [6.45, 7) is 1.31. The first-order valence-corrected chi connectivity index (χ1v) is 11.8. The van der Waals surface area contributed by atoms with Crippen molar-refractivity contribution < 1.29 is 14.3 Å². The smallest absolute Gasteiger partial charge is 0.230 e. The molecule has 8 heteroatoms. The Bertz CT molecular complexity index is 770. The van der Waals surface area contributed by atoms with Crippen molar-refractivity contribution in [1.29, 1.82) is 0 Å². The number of aromatic nitrogens is 2. The molecule has 0 spiro atoms. The number of amides is 1. The van der Waals surface area contributed by atoms with Crippen LogP contribution in [-0.2, 0) is 9.53 Å². The van der Waals surface area contributed by atoms with Gasteiger partial charge in [-0.2, -0.15) is 4.98 Å². The van der Waals surface area contributed by atoms with E-state index in [2.05, 4.69) is 19.8 Å². The van der Waals surface area contributed by atoms with Gasteiger partial charge in [0, 0.05) is 44.1 Å². The molecule has 2 bridgehead atoms. The van der Waals surface area contributed by atoms with Crippen molar-refractivity contribution in [3.8, 4) is 5.88 Å². The number of hydrogen-bond acceptors (Lipinski definition) is 6. The molecule has 4 atom stereocenters. The Morgan fingerprint density at radius 1 is 1.23 bits per heavy atom. The molecule has 164 valence electrons. The highest BCUT2D eigenvalue weighted by molar-refractivity contribution is 6.29. The number of rotatable bonds is 6. The highest BCUT2D eigenvalue weighted by Crippen LogP contribution is 2.40. The maximum Gasteiger partial charge on any atom is 0.230 e. The summed E-state index contributed by atoms with van der Waals surface area (Å²) in [4.78, 5) is 26.4. The molecule has 7 nitrogen and oxygen atoms in total. The fraction of sp³-hybridized carbons (Fsp3) is 0.773. The zero-order valence-corrected chi connectivity index (χ0v) is 18.4. The van der Waals surface area contributed by atoms with Crippen LogP contribution in [0.4, 0.5) is 5.95 Å². The summed E-state index contributed by atoms with van der Waals surface area (Å²) in [5.41, 5.74) is 0. The summed E-state index contributed by atoms with van der Waals surface area (Å²) in [6, 6.07) is 2.64. The van der Waals surface area contributed by atoms with Crippen molar-refractivity contribution in [2.45, 2.75) is 82.0 Å². The van der Waals surface area contributed by atoms with E-state index >= 15 is 0 Å². The molecular weight excluding hydrogens is 404 g/mol. The van der Waals surface area contributed by atoms with Gasteiger partial charge in [-0.15, -0.1) is 0 Å². The average molecular weight is 435 g/mol. The van der Waals surface area contributed by atoms with E-state index in [1.807, 2.05) is 7.05 Å². The molecule has 4 fully saturated rings. The SMILES string of the molecule is CN(c1nc(Cl)cc(O[C@@H]2CCOC2)n1)C1C[C@H]2CCC[C@@H](C1)N2C(=O)CC1CC1. The number of nitrogens with zero attached hydrogens (tertiary/aromatic N) is 4. The van der Waals surface area contributed by atoms with Gasteiger partial charge in [-0.3, -0.25) is 4.79 Å². The zero-order valence-electron chi connectivity index (χ0n) is 17.6. The van der Waals surface area contributed by atoms with E-state index in [0.717, 1.165) is 45.1 Å². The Morgan fingerprint density at radius 2 is 2.00 bits per heavy atom. The van der Waals surface area contributed by atoms with Crippen LogP contribution >= 0.6 is 11.6 Å². The minimum absolute atomic E-state index is 0.0224. The Kier molecular flexibility index (Phi) is 5.75. The first kappa shape index (κ1) is 20.3. The number of ether oxygens (including phenoxy) is 2. The van der Waals surface area contributed by atoms with Crippen molar-refractivity contribution in [3.63, 3.8) is 0 Å². The molecule has 1 unspecified atom stereocenters. The molecule has 0 aromatic carbocycles. The van der Waals surface area contributed by atoms with Gasteiger partial charge in [0.25, 0.3) is 0 Å². The van der Waals surface area contributed by atoms with Crippen molar-refractivity contribution in [2.75, 3.05) is 25.2 Å². The molecule has 30 heavy (non-hydrogen) atoms. The number of hydrogen-bond donors (Lipinski definition) is 0. The fourth-order valence-electron chi connectivity index (χ4n) is 5.29. The monoisotopic (exact) mass is 434 g/mol. The van der Waals surface area contributed by atoms with Gasteiger partial charge in [-0.1, -0.05) is 11.6 Å². The predicted molar refractivity (Wildman–Crippen MR) is 114 cm³/mol. The summed E-state index contributed by atoms with van der Waals surface area (Å²) in [6.07, 6.45) is 9.43. The van der Waals surface area contributed by atoms with E-state index in [1.54, 1.807) is 6.07 Å². The van der Waals surface area contributed by atoms with Gasteiger partial charge in [-0.05, 0) is 50.9 Å². The van der Waals surface area contributed by atoms with Crippen LogP contribution < -0.4 is 9.64 Å². The minimum atomic E-state index is 0.0224. The standard InChI is InChI=1S/C22H31ClN4O3/c1-26(22-24-19(23)12-20(25-22)30-18-7-8-29-13-18)17-10-15-3-2-4-16(11-17)27(15)21(28)9-14-5-6-14/h12,14-18H,2-11,13H2,1H3/t15-,16+,17?,18-/m1/s1. The van der Waals surface area contributed by atoms with Gasteiger partial charge in [0.2, 0.25) is 17.7 Å². The van der Waals surface area contributed by atoms with Crippen LogP contribution in [0.3, 0.4) is 0 Å². The summed E-state index contributed by atoms with van der Waals surface area (Å²) in [7, 11) is 2.04. The quantitative estimate of drug-likeness (QED) is 0.639. The van der Waals surface area contributed by atoms with E-state index < -0.39 is 0 Å². The van der Waals surface area contributed by atoms with Gasteiger partial charge in [0.05, 0.1) is 13.2 Å². The minimum Gasteiger partial charge on any atom is -0.472 e. The van der Waals surface area contributed by atoms with Crippen LogP contribution in [0.5, 0.6) is 5.88 Å². The molecule has 1 aromatic rings. The Labute approximate surface area is 183 Å². The molecule has 4 aliphatic rings. The van der Waals surface area contributed by atoms with E-state index in [0.29, 0.717) is 53.5 Å². The summed E-state index contributed by atoms with van der Waals surface area (Å²) in [5, 5.41) is 0.387. The molecule has 0 radical (unpaired) electrons. The summed E-state index contributed by atoms with van der Waals surface area (Å²) < 4.78 is 11.3. The zero-order chi connectivity index (χ0) is 20.7. The molecule has 1 saturated carbocycles. The molecule has 5 rings (SSSR count). The van der Waals surface area contributed by atoms with E-state index in [1.165, 1.54) is 19.3 Å². The summed E-state index contributed by atoms with van der Waals surface area (Å²) >= 11 is 6.29. The molecule has 3 aliphatic heterocycles. The maximum atomic E-state index is 12.9. The van der Waals surface area contributed by atoms with Gasteiger partial charge >= 0.3 is 0 Å². The van der Waals surface area contributed by atoms with Crippen molar-refractivity contribution in [1.82, 2.24) is 14.9 Å². The lowest BCUT2D eigenvalue weighted by Gasteiger charge is -2.50. The van der Waals surface area contributed by atoms with Crippen molar-refractivity contribution >= 4 is 23.5 Å². The van der Waals surface area contributed by atoms with Crippen LogP contribution in [0.15, 0.2) is 6.07 Å². The Balaban J connectivity index is 1.29. The number of anilines is 1. The third kappa shape index (κ3) is 4.37. The van der Waals surface area contributed by atoms with Crippen LogP contribution in [0.1, 0.15) is 57.8 Å². The molecule has 1 amide bonds. The average Bonchev–Trinajstić information content (AvgIpc) is 3.38. The van der Waals surface area contributed by atoms with Gasteiger partial charge in [0.1, 0.15) is 11.3 Å². The number of carbonyl (C=O) groups is 1. The molecule has 1 aromatic heterocycles. The molecule has 4 heterocycles. The van der Waals surface area contributed by atoms with Crippen molar-refractivity contribution in [3.05, 3.63) is 11.2 Å². The van der Waals surface area contributed by atoms with E-state index in [-0.39, 0.29) is 6.10 Å². The van der Waals surface area contributed by atoms with Crippen LogP contribution in [0.25, 0.3) is 0 Å². The lowest BCUT2D eigenvalue weighted by atomic mass is 9.81. The van der Waals surface area contributed by atoms with Gasteiger partial charge < -0.3 is 19.3 Å². The normalized spacial score (nSPS) is 30.9. The largest absolute Gasteiger partial charge is 0.472 e. The van der Waals surface area contributed by atoms with E-state index in [9.17, 15) is 4.79 Å². The first-order valence-electron chi connectivity index (χ1n) is 11.4. The Hall–Kier alpha value is -1.60. The first-order chi connectivity index (χ1) is 14.6. The summed E-state index contributed by atoms with van der Waals surface area (Å²) in [5.74, 6) is 2.12.